The molecule has 1 heterocycles. The Morgan fingerprint density at radius 3 is 2.20 bits per heavy atom. The van der Waals surface area contributed by atoms with E-state index in [9.17, 15) is 9.18 Å². The highest BCUT2D eigenvalue weighted by atomic mass is 32.1. The molecule has 1 aliphatic rings. The summed E-state index contributed by atoms with van der Waals surface area (Å²) in [7, 11) is 4.55. The molecule has 0 radical (unpaired) electrons. The molecular weight excluding hydrogens is 409 g/mol. The lowest BCUT2D eigenvalue weighted by molar-refractivity contribution is -0.113. The average molecular weight is 431 g/mol. The van der Waals surface area contributed by atoms with Crippen molar-refractivity contribution in [3.8, 4) is 17.2 Å². The number of methoxy groups -OCH3 is 3. The van der Waals surface area contributed by atoms with E-state index in [0.29, 0.717) is 44.9 Å². The van der Waals surface area contributed by atoms with Gasteiger partial charge < -0.3 is 30.2 Å². The third kappa shape index (κ3) is 4.30. The molecule has 30 heavy (non-hydrogen) atoms. The molecule has 3 rings (SSSR count). The molecule has 0 fully saturated rings. The van der Waals surface area contributed by atoms with Crippen molar-refractivity contribution in [2.24, 2.45) is 0 Å². The molecule has 2 aromatic rings. The van der Waals surface area contributed by atoms with Gasteiger partial charge in [-0.2, -0.15) is 0 Å². The van der Waals surface area contributed by atoms with E-state index >= 15 is 0 Å². The standard InChI is InChI=1S/C21H22FN3O4S/c1-11-17(20(26)24-14-7-5-13(22)6-8-14)18(25-21(30)23-11)12-9-15(27-2)19(29-4)16(10-12)28-3/h5-10,18H,1-4H3,(H,24,26)(H2,23,25,30). The number of hydrogen-bond acceptors (Lipinski definition) is 5. The summed E-state index contributed by atoms with van der Waals surface area (Å²) >= 11 is 5.30. The fourth-order valence-electron chi connectivity index (χ4n) is 3.24. The van der Waals surface area contributed by atoms with Gasteiger partial charge in [0, 0.05) is 11.4 Å². The van der Waals surface area contributed by atoms with Crippen LogP contribution >= 0.6 is 12.2 Å². The van der Waals surface area contributed by atoms with Crippen molar-refractivity contribution in [2.45, 2.75) is 13.0 Å². The van der Waals surface area contributed by atoms with E-state index in [4.69, 9.17) is 26.4 Å². The van der Waals surface area contributed by atoms with Gasteiger partial charge in [0.1, 0.15) is 5.82 Å². The maximum atomic E-state index is 13.2. The third-order valence-corrected chi connectivity index (χ3v) is 4.86. The first-order valence-corrected chi connectivity index (χ1v) is 9.43. The Kier molecular flexibility index (Phi) is 6.41. The summed E-state index contributed by atoms with van der Waals surface area (Å²) in [6.45, 7) is 1.76. The van der Waals surface area contributed by atoms with Crippen molar-refractivity contribution >= 4 is 28.9 Å². The number of rotatable bonds is 6. The maximum absolute atomic E-state index is 13.2. The van der Waals surface area contributed by atoms with Gasteiger partial charge in [-0.1, -0.05) is 0 Å². The Hall–Kier alpha value is -3.33. The summed E-state index contributed by atoms with van der Waals surface area (Å²) in [6.07, 6.45) is 0. The molecule has 3 N–H and O–H groups in total. The number of thiocarbonyl (C=S) groups is 1. The number of carbonyl (C=O) groups excluding carboxylic acids is 1. The number of anilines is 1. The van der Waals surface area contributed by atoms with Crippen molar-refractivity contribution in [1.29, 1.82) is 0 Å². The maximum Gasteiger partial charge on any atom is 0.255 e. The Morgan fingerprint density at radius 1 is 1.07 bits per heavy atom. The zero-order valence-electron chi connectivity index (χ0n) is 17.0. The van der Waals surface area contributed by atoms with Gasteiger partial charge in [0.15, 0.2) is 16.6 Å². The van der Waals surface area contributed by atoms with Crippen LogP contribution in [0.2, 0.25) is 0 Å². The van der Waals surface area contributed by atoms with E-state index in [2.05, 4.69) is 16.0 Å². The number of carbonyl (C=O) groups is 1. The third-order valence-electron chi connectivity index (χ3n) is 4.64. The summed E-state index contributed by atoms with van der Waals surface area (Å²) in [6, 6.07) is 8.47. The Bertz CT molecular complexity index is 983. The smallest absolute Gasteiger partial charge is 0.255 e. The van der Waals surface area contributed by atoms with Crippen molar-refractivity contribution in [3.63, 3.8) is 0 Å². The molecule has 0 spiro atoms. The Morgan fingerprint density at radius 2 is 1.67 bits per heavy atom. The molecular formula is C21H22FN3O4S. The molecule has 0 aliphatic carbocycles. The predicted molar refractivity (Wildman–Crippen MR) is 115 cm³/mol. The van der Waals surface area contributed by atoms with E-state index in [1.54, 1.807) is 19.1 Å². The van der Waals surface area contributed by atoms with Gasteiger partial charge >= 0.3 is 0 Å². The van der Waals surface area contributed by atoms with Gasteiger partial charge in [0.05, 0.1) is 32.9 Å². The summed E-state index contributed by atoms with van der Waals surface area (Å²) < 4.78 is 29.4. The lowest BCUT2D eigenvalue weighted by Gasteiger charge is -2.31. The van der Waals surface area contributed by atoms with Crippen molar-refractivity contribution < 1.29 is 23.4 Å². The van der Waals surface area contributed by atoms with E-state index < -0.39 is 6.04 Å². The molecule has 0 saturated carbocycles. The molecule has 1 atom stereocenters. The van der Waals surface area contributed by atoms with E-state index in [-0.39, 0.29) is 11.7 Å². The first-order valence-electron chi connectivity index (χ1n) is 9.03. The van der Waals surface area contributed by atoms with Gasteiger partial charge in [-0.15, -0.1) is 0 Å². The number of benzene rings is 2. The molecule has 9 heteroatoms. The molecule has 1 aliphatic heterocycles. The fourth-order valence-corrected chi connectivity index (χ4v) is 3.52. The monoisotopic (exact) mass is 431 g/mol. The summed E-state index contributed by atoms with van der Waals surface area (Å²) in [5.74, 6) is 0.603. The first kappa shape index (κ1) is 21.4. The van der Waals surface area contributed by atoms with Crippen LogP contribution in [0.25, 0.3) is 0 Å². The van der Waals surface area contributed by atoms with Crippen LogP contribution in [0, 0.1) is 5.82 Å². The van der Waals surface area contributed by atoms with E-state index in [0.717, 1.165) is 0 Å². The Balaban J connectivity index is 2.03. The van der Waals surface area contributed by atoms with Gasteiger partial charge in [-0.05, 0) is 61.1 Å². The number of halogens is 1. The molecule has 0 saturated heterocycles. The molecule has 1 unspecified atom stereocenters. The highest BCUT2D eigenvalue weighted by Crippen LogP contribution is 2.41. The quantitative estimate of drug-likeness (QED) is 0.606. The number of allylic oxidation sites excluding steroid dienone is 1. The second kappa shape index (κ2) is 9.00. The van der Waals surface area contributed by atoms with Crippen LogP contribution in [-0.4, -0.2) is 32.3 Å². The van der Waals surface area contributed by atoms with Crippen LogP contribution in [-0.2, 0) is 4.79 Å². The second-order valence-corrected chi connectivity index (χ2v) is 6.90. The minimum absolute atomic E-state index is 0.361. The minimum atomic E-state index is -0.576. The zero-order chi connectivity index (χ0) is 21.8. The first-order chi connectivity index (χ1) is 14.4. The SMILES string of the molecule is COc1cc(C2NC(=S)NC(C)=C2C(=O)Nc2ccc(F)cc2)cc(OC)c1OC. The molecule has 2 aromatic carbocycles. The molecule has 1 amide bonds. The van der Waals surface area contributed by atoms with Crippen LogP contribution in [0.3, 0.4) is 0 Å². The van der Waals surface area contributed by atoms with Crippen LogP contribution in [0.5, 0.6) is 17.2 Å². The van der Waals surface area contributed by atoms with Gasteiger partial charge in [-0.3, -0.25) is 4.79 Å². The fraction of sp³-hybridized carbons (Fsp3) is 0.238. The normalized spacial score (nSPS) is 15.8. The Labute approximate surface area is 179 Å². The lowest BCUT2D eigenvalue weighted by Crippen LogP contribution is -2.45. The average Bonchev–Trinajstić information content (AvgIpc) is 2.73. The number of nitrogens with one attached hydrogen (secondary N) is 3. The highest BCUT2D eigenvalue weighted by Gasteiger charge is 2.31. The van der Waals surface area contributed by atoms with Gasteiger partial charge in [0.2, 0.25) is 5.75 Å². The minimum Gasteiger partial charge on any atom is -0.493 e. The summed E-state index contributed by atoms with van der Waals surface area (Å²) in [5, 5.41) is 9.26. The molecule has 0 bridgehead atoms. The van der Waals surface area contributed by atoms with Crippen molar-refractivity contribution in [3.05, 3.63) is 59.0 Å². The van der Waals surface area contributed by atoms with Gasteiger partial charge in [-0.25, -0.2) is 4.39 Å². The van der Waals surface area contributed by atoms with Crippen LogP contribution in [0.4, 0.5) is 10.1 Å². The number of ether oxygens (including phenoxy) is 3. The van der Waals surface area contributed by atoms with Crippen LogP contribution < -0.4 is 30.2 Å². The largest absolute Gasteiger partial charge is 0.493 e. The number of amides is 1. The van der Waals surface area contributed by atoms with E-state index in [1.807, 2.05) is 0 Å². The van der Waals surface area contributed by atoms with Crippen molar-refractivity contribution in [2.75, 3.05) is 26.6 Å². The van der Waals surface area contributed by atoms with Crippen molar-refractivity contribution in [1.82, 2.24) is 10.6 Å². The summed E-state index contributed by atoms with van der Waals surface area (Å²) in [4.78, 5) is 13.1. The van der Waals surface area contributed by atoms with Crippen LogP contribution in [0.1, 0.15) is 18.5 Å². The topological polar surface area (TPSA) is 80.9 Å². The predicted octanol–water partition coefficient (Wildman–Crippen LogP) is 3.28. The second-order valence-electron chi connectivity index (χ2n) is 6.49. The lowest BCUT2D eigenvalue weighted by atomic mass is 9.94. The van der Waals surface area contributed by atoms with E-state index in [1.165, 1.54) is 45.6 Å². The van der Waals surface area contributed by atoms with Crippen LogP contribution in [0.15, 0.2) is 47.7 Å². The molecule has 0 aromatic heterocycles. The molecule has 158 valence electrons. The zero-order valence-corrected chi connectivity index (χ0v) is 17.8. The summed E-state index contributed by atoms with van der Waals surface area (Å²) in [5.41, 5.74) is 2.18. The van der Waals surface area contributed by atoms with Gasteiger partial charge in [0.25, 0.3) is 5.91 Å². The molecule has 7 nitrogen and oxygen atoms in total. The highest BCUT2D eigenvalue weighted by molar-refractivity contribution is 7.80. The number of hydrogen-bond donors (Lipinski definition) is 3.